The van der Waals surface area contributed by atoms with Crippen LogP contribution in [-0.2, 0) is 27.7 Å². The number of aryl methyl sites for hydroxylation is 2. The van der Waals surface area contributed by atoms with Gasteiger partial charge in [-0.15, -0.1) is 0 Å². The number of rotatable bonds is 14. The van der Waals surface area contributed by atoms with E-state index in [-0.39, 0.29) is 12.0 Å². The van der Waals surface area contributed by atoms with Gasteiger partial charge in [0.25, 0.3) is 0 Å². The fourth-order valence-corrected chi connectivity index (χ4v) is 3.65. The topological polar surface area (TPSA) is 38.7 Å². The highest BCUT2D eigenvalue weighted by molar-refractivity contribution is 5.39. The third kappa shape index (κ3) is 7.96. The monoisotopic (exact) mass is 436 g/mol. The number of unbranched alkanes of at least 4 members (excludes halogenated alkanes) is 1. The van der Waals surface area contributed by atoms with Gasteiger partial charge in [-0.25, -0.2) is 0 Å². The lowest BCUT2D eigenvalue weighted by molar-refractivity contribution is 0.0692. The number of aliphatic hydroxyl groups excluding tert-OH is 1. The van der Waals surface area contributed by atoms with Crippen LogP contribution in [0.2, 0.25) is 0 Å². The highest BCUT2D eigenvalue weighted by Gasteiger charge is 2.23. The Morgan fingerprint density at radius 3 is 1.94 bits per heavy atom. The number of allylic oxidation sites excluding steroid dienone is 1. The minimum atomic E-state index is -0.518. The summed E-state index contributed by atoms with van der Waals surface area (Å²) in [5.74, 6) is 0.537. The second-order valence-corrected chi connectivity index (χ2v) is 9.18. The van der Waals surface area contributed by atoms with E-state index < -0.39 is 6.10 Å². The van der Waals surface area contributed by atoms with Gasteiger partial charge in [-0.2, -0.15) is 0 Å². The summed E-state index contributed by atoms with van der Waals surface area (Å²) in [4.78, 5) is 0. The number of hydrogen-bond acceptors (Lipinski definition) is 3. The second-order valence-electron chi connectivity index (χ2n) is 9.18. The van der Waals surface area contributed by atoms with Crippen LogP contribution in [-0.4, -0.2) is 31.5 Å². The molecule has 2 aromatic carbocycles. The van der Waals surface area contributed by atoms with Gasteiger partial charge in [-0.3, -0.25) is 0 Å². The van der Waals surface area contributed by atoms with Crippen molar-refractivity contribution in [1.29, 1.82) is 0 Å². The summed E-state index contributed by atoms with van der Waals surface area (Å²) in [6, 6.07) is 17.8. The Morgan fingerprint density at radius 2 is 1.44 bits per heavy atom. The van der Waals surface area contributed by atoms with Gasteiger partial charge in [0, 0.05) is 19.1 Å². The van der Waals surface area contributed by atoms with Crippen molar-refractivity contribution in [3.05, 3.63) is 95.3 Å². The summed E-state index contributed by atoms with van der Waals surface area (Å²) < 4.78 is 10.6. The number of aliphatic hydroxyl groups is 1. The van der Waals surface area contributed by atoms with Crippen LogP contribution in [0.25, 0.3) is 0 Å². The molecule has 0 bridgehead atoms. The summed E-state index contributed by atoms with van der Waals surface area (Å²) in [6.07, 6.45) is 4.29. The maximum Gasteiger partial charge on any atom is 0.114 e. The third-order valence-corrected chi connectivity index (χ3v) is 6.11. The largest absolute Gasteiger partial charge is 0.491 e. The van der Waals surface area contributed by atoms with E-state index >= 15 is 0 Å². The van der Waals surface area contributed by atoms with Crippen LogP contribution in [0.3, 0.4) is 0 Å². The van der Waals surface area contributed by atoms with Crippen LogP contribution in [0.15, 0.2) is 73.0 Å². The highest BCUT2D eigenvalue weighted by atomic mass is 16.5. The summed E-state index contributed by atoms with van der Waals surface area (Å²) in [5.41, 5.74) is 5.92. The lowest BCUT2D eigenvalue weighted by atomic mass is 9.77. The van der Waals surface area contributed by atoms with Gasteiger partial charge in [0.05, 0.1) is 6.10 Å². The summed E-state index contributed by atoms with van der Waals surface area (Å²) >= 11 is 0. The van der Waals surface area contributed by atoms with Crippen LogP contribution in [0.5, 0.6) is 0 Å². The molecule has 3 heteroatoms. The molecule has 2 rings (SSSR count). The van der Waals surface area contributed by atoms with E-state index in [9.17, 15) is 5.11 Å². The Bertz CT molecular complexity index is 847. The zero-order chi connectivity index (χ0) is 23.6. The summed E-state index contributed by atoms with van der Waals surface area (Å²) in [6.45, 7) is 15.0. The van der Waals surface area contributed by atoms with E-state index in [1.54, 1.807) is 7.11 Å². The smallest absolute Gasteiger partial charge is 0.114 e. The maximum absolute atomic E-state index is 10.2. The average molecular weight is 437 g/mol. The van der Waals surface area contributed by atoms with Gasteiger partial charge >= 0.3 is 0 Å². The number of methoxy groups -OCH3 is 1. The van der Waals surface area contributed by atoms with Crippen molar-refractivity contribution in [3.63, 3.8) is 0 Å². The lowest BCUT2D eigenvalue weighted by Crippen LogP contribution is -2.19. The zero-order valence-corrected chi connectivity index (χ0v) is 20.3. The molecular formula is C29H40O3. The molecular weight excluding hydrogens is 396 g/mol. The van der Waals surface area contributed by atoms with Crippen molar-refractivity contribution in [3.8, 4) is 0 Å². The first-order chi connectivity index (χ1) is 15.2. The molecule has 1 unspecified atom stereocenters. The minimum absolute atomic E-state index is 0.0661. The molecule has 0 amide bonds. The lowest BCUT2D eigenvalue weighted by Gasteiger charge is -2.26. The molecule has 32 heavy (non-hydrogen) atoms. The summed E-state index contributed by atoms with van der Waals surface area (Å²) in [7, 11) is 1.76. The number of ether oxygens (including phenoxy) is 2. The second kappa shape index (κ2) is 12.6. The molecule has 2 aromatic rings. The van der Waals surface area contributed by atoms with Crippen molar-refractivity contribution in [2.24, 2.45) is 0 Å². The first-order valence-electron chi connectivity index (χ1n) is 11.6. The van der Waals surface area contributed by atoms with Gasteiger partial charge in [0.15, 0.2) is 0 Å². The van der Waals surface area contributed by atoms with E-state index in [1.807, 2.05) is 6.92 Å². The number of benzene rings is 2. The van der Waals surface area contributed by atoms with E-state index in [0.717, 1.165) is 37.9 Å². The van der Waals surface area contributed by atoms with Gasteiger partial charge in [0.1, 0.15) is 12.4 Å². The van der Waals surface area contributed by atoms with Crippen LogP contribution < -0.4 is 0 Å². The average Bonchev–Trinajstić information content (AvgIpc) is 2.79. The Labute approximate surface area is 194 Å². The standard InChI is InChI=1S/C29H40O3/c1-22(2)23(3)32-21-28(30)19-14-25-12-17-27(18-13-25)29(4,5)26-15-10-24(11-16-26)9-7-8-20-31-6/h10-13,15-18,28,30H,1,3,7-9,14,19-21H2,2,4-6H3. The van der Waals surface area contributed by atoms with Gasteiger partial charge in [-0.05, 0) is 66.9 Å². The van der Waals surface area contributed by atoms with Gasteiger partial charge < -0.3 is 14.6 Å². The minimum Gasteiger partial charge on any atom is -0.491 e. The molecule has 0 aliphatic rings. The molecule has 174 valence electrons. The predicted molar refractivity (Wildman–Crippen MR) is 134 cm³/mol. The van der Waals surface area contributed by atoms with E-state index in [4.69, 9.17) is 9.47 Å². The molecule has 0 aromatic heterocycles. The van der Waals surface area contributed by atoms with Crippen LogP contribution in [0.1, 0.15) is 62.3 Å². The normalized spacial score (nSPS) is 12.4. The molecule has 3 nitrogen and oxygen atoms in total. The van der Waals surface area contributed by atoms with E-state index in [0.29, 0.717) is 12.2 Å². The molecule has 0 fully saturated rings. The first-order valence-corrected chi connectivity index (χ1v) is 11.6. The quantitative estimate of drug-likeness (QED) is 0.212. The Morgan fingerprint density at radius 1 is 0.906 bits per heavy atom. The molecule has 0 radical (unpaired) electrons. The SMILES string of the molecule is C=C(C)C(=C)OCC(O)CCc1ccc(C(C)(C)c2ccc(CCCCOC)cc2)cc1. The van der Waals surface area contributed by atoms with Crippen molar-refractivity contribution in [2.75, 3.05) is 20.3 Å². The third-order valence-electron chi connectivity index (χ3n) is 6.11. The van der Waals surface area contributed by atoms with Crippen molar-refractivity contribution in [2.45, 2.75) is 64.4 Å². The molecule has 1 atom stereocenters. The summed E-state index contributed by atoms with van der Waals surface area (Å²) in [5, 5.41) is 10.2. The van der Waals surface area contributed by atoms with Crippen molar-refractivity contribution >= 4 is 0 Å². The molecule has 0 saturated heterocycles. The first kappa shape index (κ1) is 25.9. The Balaban J connectivity index is 1.90. The molecule has 0 aliphatic carbocycles. The van der Waals surface area contributed by atoms with Crippen LogP contribution in [0, 0.1) is 0 Å². The fraction of sp³-hybridized carbons (Fsp3) is 0.448. The van der Waals surface area contributed by atoms with Gasteiger partial charge in [-0.1, -0.05) is 75.5 Å². The molecule has 0 heterocycles. The van der Waals surface area contributed by atoms with Crippen molar-refractivity contribution in [1.82, 2.24) is 0 Å². The molecule has 0 spiro atoms. The Hall–Kier alpha value is -2.36. The van der Waals surface area contributed by atoms with E-state index in [1.165, 1.54) is 22.3 Å². The van der Waals surface area contributed by atoms with E-state index in [2.05, 4.69) is 75.5 Å². The fourth-order valence-electron chi connectivity index (χ4n) is 3.65. The Kier molecular flexibility index (Phi) is 10.2. The zero-order valence-electron chi connectivity index (χ0n) is 20.3. The molecule has 0 saturated carbocycles. The molecule has 0 aliphatic heterocycles. The molecule has 1 N–H and O–H groups in total. The van der Waals surface area contributed by atoms with Gasteiger partial charge in [0.2, 0.25) is 0 Å². The predicted octanol–water partition coefficient (Wildman–Crippen LogP) is 6.38. The highest BCUT2D eigenvalue weighted by Crippen LogP contribution is 2.32. The van der Waals surface area contributed by atoms with Crippen molar-refractivity contribution < 1.29 is 14.6 Å². The maximum atomic E-state index is 10.2. The van der Waals surface area contributed by atoms with Crippen LogP contribution >= 0.6 is 0 Å². The number of hydrogen-bond donors (Lipinski definition) is 1. The van der Waals surface area contributed by atoms with Crippen LogP contribution in [0.4, 0.5) is 0 Å².